The minimum Gasteiger partial charge on any atom is -0.357 e. The minimum atomic E-state index is 0.247. The average Bonchev–Trinajstić information content (AvgIpc) is 3.20. The highest BCUT2D eigenvalue weighted by molar-refractivity contribution is 7.07. The van der Waals surface area contributed by atoms with Crippen molar-refractivity contribution in [2.24, 2.45) is 4.99 Å². The molecule has 2 aliphatic rings. The van der Waals surface area contributed by atoms with Gasteiger partial charge in [0.1, 0.15) is 0 Å². The molecule has 152 valence electrons. The highest BCUT2D eigenvalue weighted by Gasteiger charge is 2.39. The van der Waals surface area contributed by atoms with Crippen LogP contribution >= 0.6 is 11.3 Å². The summed E-state index contributed by atoms with van der Waals surface area (Å²) in [4.78, 5) is 12.7. The summed E-state index contributed by atoms with van der Waals surface area (Å²) in [5.41, 5.74) is 1.61. The van der Waals surface area contributed by atoms with E-state index in [1.54, 1.807) is 11.3 Å². The quantitative estimate of drug-likeness (QED) is 0.597. The Morgan fingerprint density at radius 1 is 1.22 bits per heavy atom. The number of piperidine rings is 2. The molecule has 0 atom stereocenters. The van der Waals surface area contributed by atoms with Crippen LogP contribution in [0, 0.1) is 0 Å². The summed E-state index contributed by atoms with van der Waals surface area (Å²) < 4.78 is 0. The summed E-state index contributed by atoms with van der Waals surface area (Å²) in [6.07, 6.45) is 6.56. The largest absolute Gasteiger partial charge is 0.357 e. The van der Waals surface area contributed by atoms with Gasteiger partial charge in [-0.2, -0.15) is 11.3 Å². The highest BCUT2D eigenvalue weighted by Crippen LogP contribution is 2.31. The molecule has 0 unspecified atom stereocenters. The molecule has 1 N–H and O–H groups in total. The normalized spacial score (nSPS) is 22.0. The maximum absolute atomic E-state index is 5.16. The number of likely N-dealkylation sites (tertiary alicyclic amines) is 2. The zero-order chi connectivity index (χ0) is 19.1. The summed E-state index contributed by atoms with van der Waals surface area (Å²) >= 11 is 1.76. The predicted molar refractivity (Wildman–Crippen MR) is 117 cm³/mol. The lowest BCUT2D eigenvalue weighted by molar-refractivity contribution is 0.0206. The summed E-state index contributed by atoms with van der Waals surface area (Å²) in [6.45, 7) is 9.77. The van der Waals surface area contributed by atoms with Gasteiger partial charge in [-0.3, -0.25) is 9.89 Å². The lowest BCUT2D eigenvalue weighted by Crippen LogP contribution is -2.58. The first kappa shape index (κ1) is 20.6. The van der Waals surface area contributed by atoms with Crippen LogP contribution in [0.25, 0.3) is 0 Å². The van der Waals surface area contributed by atoms with Crippen LogP contribution < -0.4 is 5.32 Å². The van der Waals surface area contributed by atoms with Crippen LogP contribution in [0.5, 0.6) is 0 Å². The van der Waals surface area contributed by atoms with E-state index in [4.69, 9.17) is 4.99 Å². The first-order chi connectivity index (χ1) is 13.1. The number of rotatable bonds is 6. The Morgan fingerprint density at radius 2 is 1.96 bits per heavy atom. The van der Waals surface area contributed by atoms with E-state index in [2.05, 4.69) is 57.9 Å². The molecule has 27 heavy (non-hydrogen) atoms. The third-order valence-electron chi connectivity index (χ3n) is 6.16. The van der Waals surface area contributed by atoms with Crippen molar-refractivity contribution < 1.29 is 0 Å². The Balaban J connectivity index is 1.73. The van der Waals surface area contributed by atoms with Crippen LogP contribution in [-0.2, 0) is 6.54 Å². The Labute approximate surface area is 169 Å². The van der Waals surface area contributed by atoms with E-state index in [-0.39, 0.29) is 5.54 Å². The van der Waals surface area contributed by atoms with Gasteiger partial charge >= 0.3 is 0 Å². The maximum atomic E-state index is 5.16. The topological polar surface area (TPSA) is 34.1 Å². The molecule has 2 fully saturated rings. The Bertz CT molecular complexity index is 571. The van der Waals surface area contributed by atoms with Gasteiger partial charge in [-0.15, -0.1) is 0 Å². The molecule has 0 bridgehead atoms. The van der Waals surface area contributed by atoms with Crippen molar-refractivity contribution in [2.75, 3.05) is 53.4 Å². The van der Waals surface area contributed by atoms with E-state index in [0.29, 0.717) is 0 Å². The van der Waals surface area contributed by atoms with E-state index in [9.17, 15) is 0 Å². The van der Waals surface area contributed by atoms with Crippen molar-refractivity contribution in [2.45, 2.75) is 51.1 Å². The zero-order valence-corrected chi connectivity index (χ0v) is 18.2. The number of nitrogens with zero attached hydrogens (tertiary/aromatic N) is 4. The highest BCUT2D eigenvalue weighted by atomic mass is 32.1. The molecule has 0 saturated carbocycles. The second-order valence-electron chi connectivity index (χ2n) is 8.23. The second-order valence-corrected chi connectivity index (χ2v) is 9.01. The third kappa shape index (κ3) is 5.46. The summed E-state index contributed by atoms with van der Waals surface area (Å²) in [5.74, 6) is 1.04. The van der Waals surface area contributed by atoms with E-state index in [1.807, 2.05) is 0 Å². The number of hydrogen-bond acceptors (Lipinski definition) is 4. The molecule has 6 heteroatoms. The van der Waals surface area contributed by atoms with Gasteiger partial charge in [-0.05, 0) is 88.2 Å². The molecule has 1 aromatic heterocycles. The fraction of sp³-hybridized carbons (Fsp3) is 0.762. The van der Waals surface area contributed by atoms with E-state index in [0.717, 1.165) is 25.6 Å². The molecule has 3 heterocycles. The van der Waals surface area contributed by atoms with Crippen LogP contribution in [0.15, 0.2) is 21.8 Å². The summed E-state index contributed by atoms with van der Waals surface area (Å²) in [5, 5.41) is 7.89. The molecular weight excluding hydrogens is 354 g/mol. The van der Waals surface area contributed by atoms with Gasteiger partial charge < -0.3 is 15.1 Å². The molecule has 3 rings (SSSR count). The van der Waals surface area contributed by atoms with Crippen LogP contribution in [0.3, 0.4) is 0 Å². The van der Waals surface area contributed by atoms with Crippen molar-refractivity contribution in [1.29, 1.82) is 0 Å². The van der Waals surface area contributed by atoms with E-state index in [1.165, 1.54) is 63.8 Å². The molecule has 2 saturated heterocycles. The molecular formula is C21H37N5S. The SMILES string of the molecule is CCNC(=NCC1(N2CCCCC2)CCN(C)CC1)N(C)Cc1ccsc1. The van der Waals surface area contributed by atoms with Gasteiger partial charge in [-0.25, -0.2) is 0 Å². The number of aliphatic imine (C=N–C) groups is 1. The molecule has 0 aromatic carbocycles. The van der Waals surface area contributed by atoms with Crippen LogP contribution in [0.2, 0.25) is 0 Å². The second kappa shape index (κ2) is 9.89. The van der Waals surface area contributed by atoms with Gasteiger partial charge in [0.25, 0.3) is 0 Å². The lowest BCUT2D eigenvalue weighted by Gasteiger charge is -2.49. The smallest absolute Gasteiger partial charge is 0.194 e. The standard InChI is InChI=1S/C21H37N5S/c1-4-22-20(25(3)16-19-8-15-27-17-19)23-18-21(9-13-24(2)14-10-21)26-11-6-5-7-12-26/h8,15,17H,4-7,9-14,16,18H2,1-3H3,(H,22,23). The monoisotopic (exact) mass is 391 g/mol. The zero-order valence-electron chi connectivity index (χ0n) is 17.4. The van der Waals surface area contributed by atoms with Gasteiger partial charge in [0.05, 0.1) is 6.54 Å². The van der Waals surface area contributed by atoms with Gasteiger partial charge in [-0.1, -0.05) is 6.42 Å². The fourth-order valence-electron chi connectivity index (χ4n) is 4.40. The third-order valence-corrected chi connectivity index (χ3v) is 6.90. The van der Waals surface area contributed by atoms with E-state index >= 15 is 0 Å². The van der Waals surface area contributed by atoms with Crippen molar-refractivity contribution >= 4 is 17.3 Å². The predicted octanol–water partition coefficient (Wildman–Crippen LogP) is 3.10. The molecule has 1 aromatic rings. The minimum absolute atomic E-state index is 0.247. The number of thiophene rings is 1. The molecule has 0 amide bonds. The molecule has 0 aliphatic carbocycles. The number of nitrogens with one attached hydrogen (secondary N) is 1. The van der Waals surface area contributed by atoms with Crippen molar-refractivity contribution in [1.82, 2.24) is 20.0 Å². The van der Waals surface area contributed by atoms with Crippen LogP contribution in [0.4, 0.5) is 0 Å². The van der Waals surface area contributed by atoms with Crippen molar-refractivity contribution in [3.05, 3.63) is 22.4 Å². The summed E-state index contributed by atoms with van der Waals surface area (Å²) in [7, 11) is 4.41. The number of hydrogen-bond donors (Lipinski definition) is 1. The Kier molecular flexibility index (Phi) is 7.56. The maximum Gasteiger partial charge on any atom is 0.194 e. The van der Waals surface area contributed by atoms with Gasteiger partial charge in [0.15, 0.2) is 5.96 Å². The molecule has 0 radical (unpaired) electrons. The fourth-order valence-corrected chi connectivity index (χ4v) is 5.06. The Morgan fingerprint density at radius 3 is 2.59 bits per heavy atom. The summed E-state index contributed by atoms with van der Waals surface area (Å²) in [6, 6.07) is 2.21. The molecule has 2 aliphatic heterocycles. The van der Waals surface area contributed by atoms with Crippen molar-refractivity contribution in [3.8, 4) is 0 Å². The first-order valence-corrected chi connectivity index (χ1v) is 11.5. The first-order valence-electron chi connectivity index (χ1n) is 10.6. The number of guanidine groups is 1. The lowest BCUT2D eigenvalue weighted by atomic mass is 9.84. The van der Waals surface area contributed by atoms with Gasteiger partial charge in [0, 0.05) is 25.7 Å². The average molecular weight is 392 g/mol. The van der Waals surface area contributed by atoms with Crippen LogP contribution in [-0.4, -0.2) is 79.6 Å². The van der Waals surface area contributed by atoms with Crippen molar-refractivity contribution in [3.63, 3.8) is 0 Å². The Hall–Kier alpha value is -1.11. The van der Waals surface area contributed by atoms with E-state index < -0.39 is 0 Å². The van der Waals surface area contributed by atoms with Gasteiger partial charge in [0.2, 0.25) is 0 Å². The van der Waals surface area contributed by atoms with Crippen LogP contribution in [0.1, 0.15) is 44.6 Å². The molecule has 0 spiro atoms. The molecule has 5 nitrogen and oxygen atoms in total.